The van der Waals surface area contributed by atoms with Crippen LogP contribution in [-0.2, 0) is 16.0 Å². The van der Waals surface area contributed by atoms with E-state index in [0.717, 1.165) is 47.8 Å². The minimum Gasteiger partial charge on any atom is -0.469 e. The van der Waals surface area contributed by atoms with Crippen LogP contribution < -0.4 is 0 Å². The normalized spacial score (nSPS) is 18.9. The van der Waals surface area contributed by atoms with Crippen molar-refractivity contribution in [2.45, 2.75) is 31.6 Å². The second-order valence-electron chi connectivity index (χ2n) is 5.03. The van der Waals surface area contributed by atoms with Gasteiger partial charge in [0.15, 0.2) is 0 Å². The Balaban J connectivity index is 2.19. The van der Waals surface area contributed by atoms with E-state index in [1.807, 2.05) is 0 Å². The predicted molar refractivity (Wildman–Crippen MR) is 70.6 cm³/mol. The van der Waals surface area contributed by atoms with Crippen molar-refractivity contribution < 1.29 is 13.9 Å². The van der Waals surface area contributed by atoms with Gasteiger partial charge in [-0.15, -0.1) is 0 Å². The summed E-state index contributed by atoms with van der Waals surface area (Å²) in [5.41, 5.74) is 2.87. The number of rotatable bonds is 1. The molecule has 0 aliphatic heterocycles. The molecular formula is C15H16FNO2. The lowest BCUT2D eigenvalue weighted by Crippen LogP contribution is -2.14. The molecule has 1 aliphatic carbocycles. The average Bonchev–Trinajstić information content (AvgIpc) is 2.63. The molecule has 1 aromatic carbocycles. The first-order chi connectivity index (χ1) is 9.20. The van der Waals surface area contributed by atoms with Gasteiger partial charge >= 0.3 is 5.97 Å². The van der Waals surface area contributed by atoms with E-state index < -0.39 is 0 Å². The number of carbonyl (C=O) groups is 1. The highest BCUT2D eigenvalue weighted by Gasteiger charge is 2.28. The average molecular weight is 261 g/mol. The van der Waals surface area contributed by atoms with Crippen LogP contribution in [0.25, 0.3) is 10.9 Å². The molecule has 0 saturated heterocycles. The number of aromatic amines is 1. The Morgan fingerprint density at radius 2 is 2.26 bits per heavy atom. The molecule has 100 valence electrons. The number of esters is 1. The zero-order valence-electron chi connectivity index (χ0n) is 10.8. The summed E-state index contributed by atoms with van der Waals surface area (Å²) in [5.74, 6) is -0.707. The van der Waals surface area contributed by atoms with Crippen LogP contribution in [0, 0.1) is 5.82 Å². The van der Waals surface area contributed by atoms with E-state index in [1.165, 1.54) is 13.2 Å². The van der Waals surface area contributed by atoms with Gasteiger partial charge in [0, 0.05) is 16.6 Å². The van der Waals surface area contributed by atoms with Crippen molar-refractivity contribution in [1.82, 2.24) is 4.98 Å². The van der Waals surface area contributed by atoms with Crippen LogP contribution in [-0.4, -0.2) is 18.1 Å². The van der Waals surface area contributed by atoms with Crippen molar-refractivity contribution in [2.75, 3.05) is 7.11 Å². The third-order valence-corrected chi connectivity index (χ3v) is 3.90. The van der Waals surface area contributed by atoms with Gasteiger partial charge in [-0.05, 0) is 43.0 Å². The van der Waals surface area contributed by atoms with Crippen LogP contribution in [0.5, 0.6) is 0 Å². The number of halogens is 1. The summed E-state index contributed by atoms with van der Waals surface area (Å²) in [6.07, 6.45) is 3.67. The van der Waals surface area contributed by atoms with Crippen LogP contribution >= 0.6 is 0 Å². The lowest BCUT2D eigenvalue weighted by molar-refractivity contribution is -0.142. The van der Waals surface area contributed by atoms with Crippen molar-refractivity contribution >= 4 is 16.9 Å². The van der Waals surface area contributed by atoms with Gasteiger partial charge in [0.05, 0.1) is 13.0 Å². The molecule has 0 radical (unpaired) electrons. The van der Waals surface area contributed by atoms with Gasteiger partial charge in [-0.25, -0.2) is 4.39 Å². The first kappa shape index (κ1) is 12.2. The van der Waals surface area contributed by atoms with Gasteiger partial charge in [-0.3, -0.25) is 4.79 Å². The predicted octanol–water partition coefficient (Wildman–Crippen LogP) is 3.29. The number of benzene rings is 1. The maximum absolute atomic E-state index is 13.4. The molecule has 0 spiro atoms. The summed E-state index contributed by atoms with van der Waals surface area (Å²) in [7, 11) is 1.41. The van der Waals surface area contributed by atoms with Gasteiger partial charge in [0.1, 0.15) is 5.82 Å². The molecule has 3 rings (SSSR count). The van der Waals surface area contributed by atoms with E-state index in [-0.39, 0.29) is 17.7 Å². The lowest BCUT2D eigenvalue weighted by Gasteiger charge is -2.11. The number of ether oxygens (including phenoxy) is 1. The summed E-state index contributed by atoms with van der Waals surface area (Å²) >= 11 is 0. The van der Waals surface area contributed by atoms with Crippen molar-refractivity contribution in [3.8, 4) is 0 Å². The fourth-order valence-electron chi connectivity index (χ4n) is 2.98. The van der Waals surface area contributed by atoms with Gasteiger partial charge in [0.25, 0.3) is 0 Å². The fourth-order valence-corrected chi connectivity index (χ4v) is 2.98. The van der Waals surface area contributed by atoms with Gasteiger partial charge in [-0.2, -0.15) is 0 Å². The van der Waals surface area contributed by atoms with Crippen LogP contribution in [0.15, 0.2) is 18.2 Å². The smallest absolute Gasteiger partial charge is 0.314 e. The number of hydrogen-bond donors (Lipinski definition) is 1. The summed E-state index contributed by atoms with van der Waals surface area (Å²) in [6.45, 7) is 0. The topological polar surface area (TPSA) is 42.1 Å². The molecule has 4 heteroatoms. The van der Waals surface area contributed by atoms with Crippen molar-refractivity contribution in [3.63, 3.8) is 0 Å². The Kier molecular flexibility index (Phi) is 3.01. The Hall–Kier alpha value is -1.84. The third-order valence-electron chi connectivity index (χ3n) is 3.90. The van der Waals surface area contributed by atoms with Crippen molar-refractivity contribution in [2.24, 2.45) is 0 Å². The van der Waals surface area contributed by atoms with Crippen molar-refractivity contribution in [3.05, 3.63) is 35.3 Å². The molecule has 1 aromatic heterocycles. The summed E-state index contributed by atoms with van der Waals surface area (Å²) in [5, 5.41) is 0.894. The van der Waals surface area contributed by atoms with Crippen LogP contribution in [0.1, 0.15) is 36.4 Å². The highest BCUT2D eigenvalue weighted by atomic mass is 19.1. The number of aryl methyl sites for hydroxylation is 1. The Bertz CT molecular complexity index is 632. The zero-order chi connectivity index (χ0) is 13.4. The molecule has 0 saturated carbocycles. The molecule has 0 fully saturated rings. The lowest BCUT2D eigenvalue weighted by atomic mass is 9.98. The van der Waals surface area contributed by atoms with Gasteiger partial charge in [0.2, 0.25) is 0 Å². The van der Waals surface area contributed by atoms with Gasteiger partial charge in [-0.1, -0.05) is 6.42 Å². The van der Waals surface area contributed by atoms with Crippen LogP contribution in [0.3, 0.4) is 0 Å². The SMILES string of the molecule is COC(=O)[C@H]1CCCCc2c1[nH]c1ccc(F)cc21. The molecule has 0 unspecified atom stereocenters. The standard InChI is InChI=1S/C15H16FNO2/c1-19-15(18)11-5-3-2-4-10-12-8-9(16)6-7-13(12)17-14(10)11/h6-8,11,17H,2-5H2,1H3/t11-/m0/s1. The van der Waals surface area contributed by atoms with E-state index in [2.05, 4.69) is 4.98 Å². The molecule has 19 heavy (non-hydrogen) atoms. The molecular weight excluding hydrogens is 245 g/mol. The number of H-pyrrole nitrogens is 1. The van der Waals surface area contributed by atoms with Crippen LogP contribution in [0.4, 0.5) is 4.39 Å². The Morgan fingerprint density at radius 1 is 1.42 bits per heavy atom. The maximum atomic E-state index is 13.4. The molecule has 2 aromatic rings. The van der Waals surface area contributed by atoms with E-state index in [1.54, 1.807) is 12.1 Å². The van der Waals surface area contributed by atoms with E-state index in [4.69, 9.17) is 4.74 Å². The molecule has 1 heterocycles. The second kappa shape index (κ2) is 4.68. The Morgan fingerprint density at radius 3 is 3.05 bits per heavy atom. The number of carbonyl (C=O) groups excluding carboxylic acids is 1. The molecule has 1 aliphatic rings. The number of hydrogen-bond acceptors (Lipinski definition) is 2. The summed E-state index contributed by atoms with van der Waals surface area (Å²) in [6, 6.07) is 4.71. The molecule has 1 N–H and O–H groups in total. The quantitative estimate of drug-likeness (QED) is 0.632. The monoisotopic (exact) mass is 261 g/mol. The largest absolute Gasteiger partial charge is 0.469 e. The first-order valence-corrected chi connectivity index (χ1v) is 6.58. The van der Waals surface area contributed by atoms with E-state index in [0.29, 0.717) is 0 Å². The van der Waals surface area contributed by atoms with Crippen molar-refractivity contribution in [1.29, 1.82) is 0 Å². The van der Waals surface area contributed by atoms with E-state index in [9.17, 15) is 9.18 Å². The summed E-state index contributed by atoms with van der Waals surface area (Å²) in [4.78, 5) is 15.2. The third kappa shape index (κ3) is 2.01. The number of nitrogens with one attached hydrogen (secondary N) is 1. The van der Waals surface area contributed by atoms with Gasteiger partial charge < -0.3 is 9.72 Å². The number of methoxy groups -OCH3 is 1. The number of aromatic nitrogens is 1. The van der Waals surface area contributed by atoms with E-state index >= 15 is 0 Å². The minimum absolute atomic E-state index is 0.213. The molecule has 3 nitrogen and oxygen atoms in total. The second-order valence-corrected chi connectivity index (χ2v) is 5.03. The molecule has 0 amide bonds. The molecule has 0 bridgehead atoms. The summed E-state index contributed by atoms with van der Waals surface area (Å²) < 4.78 is 18.3. The first-order valence-electron chi connectivity index (χ1n) is 6.58. The Labute approximate surface area is 110 Å². The zero-order valence-corrected chi connectivity index (χ0v) is 10.8. The maximum Gasteiger partial charge on any atom is 0.314 e. The molecule has 1 atom stereocenters. The number of fused-ring (bicyclic) bond motifs is 3. The highest BCUT2D eigenvalue weighted by Crippen LogP contribution is 2.35. The fraction of sp³-hybridized carbons (Fsp3) is 0.400. The highest BCUT2D eigenvalue weighted by molar-refractivity contribution is 5.88. The van der Waals surface area contributed by atoms with Crippen LogP contribution in [0.2, 0.25) is 0 Å². The minimum atomic E-state index is -0.252.